The number of azo groups is 1. The lowest BCUT2D eigenvalue weighted by atomic mass is 10.2. The van der Waals surface area contributed by atoms with Gasteiger partial charge in [-0.2, -0.15) is 5.11 Å². The maximum atomic E-state index is 10.8. The molecule has 160 valence electrons. The van der Waals surface area contributed by atoms with Gasteiger partial charge in [0.05, 0.1) is 15.6 Å². The monoisotopic (exact) mass is 455 g/mol. The van der Waals surface area contributed by atoms with E-state index >= 15 is 0 Å². The first kappa shape index (κ1) is 23.8. The average molecular weight is 456 g/mol. The predicted molar refractivity (Wildman–Crippen MR) is 113 cm³/mol. The molecule has 0 aliphatic carbocycles. The molecular weight excluding hydrogens is 435 g/mol. The molecule has 0 amide bonds. The van der Waals surface area contributed by atoms with Crippen LogP contribution in [-0.4, -0.2) is 41.2 Å². The number of nitro benzene ring substituents is 1. The van der Waals surface area contributed by atoms with Crippen LogP contribution in [-0.2, 0) is 9.09 Å². The van der Waals surface area contributed by atoms with Crippen LogP contribution in [0.15, 0.2) is 52.7 Å². The molecule has 0 aliphatic heterocycles. The quantitative estimate of drug-likeness (QED) is 0.152. The number of non-ortho nitro benzene ring substituents is 1. The number of hydrogen-bond acceptors (Lipinski definition) is 8. The van der Waals surface area contributed by atoms with Crippen LogP contribution < -0.4 is 4.90 Å². The predicted octanol–water partition coefficient (Wildman–Crippen LogP) is 4.91. The summed E-state index contributed by atoms with van der Waals surface area (Å²) < 4.78 is 15.2. The van der Waals surface area contributed by atoms with E-state index < -0.39 is 13.2 Å². The van der Waals surface area contributed by atoms with Crippen LogP contribution in [0.4, 0.5) is 22.7 Å². The number of nitrogens with zero attached hydrogens (tertiary/aromatic N) is 4. The molecule has 2 aromatic carbocycles. The largest absolute Gasteiger partial charge is 0.694 e. The van der Waals surface area contributed by atoms with E-state index in [9.17, 15) is 14.7 Å². The van der Waals surface area contributed by atoms with Crippen molar-refractivity contribution in [3.05, 3.63) is 57.6 Å². The van der Waals surface area contributed by atoms with E-state index in [2.05, 4.69) is 14.8 Å². The van der Waals surface area contributed by atoms with E-state index in [-0.39, 0.29) is 23.9 Å². The Kier molecular flexibility index (Phi) is 9.72. The van der Waals surface area contributed by atoms with Crippen LogP contribution in [0, 0.1) is 10.1 Å². The van der Waals surface area contributed by atoms with E-state index in [0.717, 1.165) is 5.69 Å². The van der Waals surface area contributed by atoms with Crippen LogP contribution >= 0.6 is 19.9 Å². The van der Waals surface area contributed by atoms with Gasteiger partial charge in [-0.3, -0.25) is 10.1 Å². The van der Waals surface area contributed by atoms with Crippen molar-refractivity contribution in [3.8, 4) is 0 Å². The first-order chi connectivity index (χ1) is 14.4. The third-order valence-corrected chi connectivity index (χ3v) is 4.70. The second kappa shape index (κ2) is 12.3. The van der Waals surface area contributed by atoms with Crippen LogP contribution in [0.5, 0.6) is 0 Å². The van der Waals surface area contributed by atoms with Crippen molar-refractivity contribution in [2.45, 2.75) is 12.8 Å². The molecule has 0 saturated carbocycles. The van der Waals surface area contributed by atoms with Gasteiger partial charge in [-0.1, -0.05) is 11.6 Å². The number of halogens is 1. The molecule has 10 nitrogen and oxygen atoms in total. The molecule has 0 radical (unpaired) electrons. The van der Waals surface area contributed by atoms with Crippen LogP contribution in [0.3, 0.4) is 0 Å². The highest BCUT2D eigenvalue weighted by molar-refractivity contribution is 7.32. The summed E-state index contributed by atoms with van der Waals surface area (Å²) in [4.78, 5) is 20.9. The third kappa shape index (κ3) is 7.74. The van der Waals surface area contributed by atoms with Gasteiger partial charge >= 0.3 is 8.25 Å². The number of nitro groups is 1. The minimum atomic E-state index is -2.61. The molecule has 0 aromatic heterocycles. The molecule has 12 heteroatoms. The highest BCUT2D eigenvalue weighted by Gasteiger charge is 2.13. The van der Waals surface area contributed by atoms with Crippen molar-refractivity contribution >= 4 is 42.6 Å². The number of benzene rings is 2. The van der Waals surface area contributed by atoms with E-state index in [1.165, 1.54) is 18.2 Å². The summed E-state index contributed by atoms with van der Waals surface area (Å²) in [5.74, 6) is 0. The summed E-state index contributed by atoms with van der Waals surface area (Å²) in [6.07, 6.45) is 1.13. The second-order valence-corrected chi connectivity index (χ2v) is 7.24. The van der Waals surface area contributed by atoms with Gasteiger partial charge in [0.15, 0.2) is 0 Å². The average Bonchev–Trinajstić information content (AvgIpc) is 2.72. The second-order valence-electron chi connectivity index (χ2n) is 6.10. The zero-order valence-corrected chi connectivity index (χ0v) is 17.6. The highest BCUT2D eigenvalue weighted by atomic mass is 35.5. The lowest BCUT2D eigenvalue weighted by Crippen LogP contribution is -2.26. The standard InChI is InChI=1S/C18H20ClN4O6P/c19-17-13-16(23(25)26)7-8-18(17)21-20-14-3-5-15(6-4-14)22(9-1-11-24)10-2-12-29-30(27)28/h3-8,13,24H,1-2,9-12H2/p+1. The Hall–Kier alpha value is -2.49. The Morgan fingerprint density at radius 3 is 2.43 bits per heavy atom. The summed E-state index contributed by atoms with van der Waals surface area (Å²) in [6, 6.07) is 11.1. The molecule has 2 N–H and O–H groups in total. The van der Waals surface area contributed by atoms with E-state index in [1.807, 2.05) is 17.0 Å². The van der Waals surface area contributed by atoms with Crippen molar-refractivity contribution in [1.82, 2.24) is 0 Å². The van der Waals surface area contributed by atoms with Crippen molar-refractivity contribution in [2.24, 2.45) is 10.2 Å². The van der Waals surface area contributed by atoms with Gasteiger partial charge in [0.2, 0.25) is 0 Å². The first-order valence-electron chi connectivity index (χ1n) is 9.01. The van der Waals surface area contributed by atoms with Crippen molar-refractivity contribution in [1.29, 1.82) is 0 Å². The molecule has 0 fully saturated rings. The number of anilines is 1. The first-order valence-corrected chi connectivity index (χ1v) is 10.5. The summed E-state index contributed by atoms with van der Waals surface area (Å²) in [7, 11) is -2.61. The molecule has 0 heterocycles. The molecule has 2 rings (SSSR count). The number of hydrogen-bond donors (Lipinski definition) is 2. The molecule has 2 aromatic rings. The Balaban J connectivity index is 2.04. The normalized spacial score (nSPS) is 11.6. The fourth-order valence-corrected chi connectivity index (χ4v) is 3.06. The maximum absolute atomic E-state index is 10.8. The van der Waals surface area contributed by atoms with Crippen molar-refractivity contribution in [2.75, 3.05) is 31.2 Å². The smallest absolute Gasteiger partial charge is 0.396 e. The minimum Gasteiger partial charge on any atom is -0.396 e. The van der Waals surface area contributed by atoms with Crippen LogP contribution in [0.25, 0.3) is 0 Å². The molecule has 0 aliphatic rings. The highest BCUT2D eigenvalue weighted by Crippen LogP contribution is 2.30. The Morgan fingerprint density at radius 2 is 1.83 bits per heavy atom. The molecule has 0 spiro atoms. The van der Waals surface area contributed by atoms with E-state index in [1.54, 1.807) is 12.1 Å². The fourth-order valence-electron chi connectivity index (χ4n) is 2.56. The molecule has 0 saturated heterocycles. The zero-order valence-electron chi connectivity index (χ0n) is 15.9. The van der Waals surface area contributed by atoms with Gasteiger partial charge in [-0.15, -0.1) is 14.5 Å². The number of aliphatic hydroxyl groups excluding tert-OH is 1. The van der Waals surface area contributed by atoms with Crippen molar-refractivity contribution in [3.63, 3.8) is 0 Å². The summed E-state index contributed by atoms with van der Waals surface area (Å²) in [5.41, 5.74) is 1.65. The third-order valence-electron chi connectivity index (χ3n) is 3.99. The molecular formula is C18H21ClN4O6P+. The Morgan fingerprint density at radius 1 is 1.13 bits per heavy atom. The van der Waals surface area contributed by atoms with Crippen LogP contribution in [0.1, 0.15) is 12.8 Å². The lowest BCUT2D eigenvalue weighted by molar-refractivity contribution is -0.384. The zero-order chi connectivity index (χ0) is 21.9. The molecule has 1 atom stereocenters. The summed E-state index contributed by atoms with van der Waals surface area (Å²) >= 11 is 6.01. The van der Waals surface area contributed by atoms with Gasteiger partial charge in [0, 0.05) is 42.1 Å². The van der Waals surface area contributed by atoms with Gasteiger partial charge in [0.25, 0.3) is 5.69 Å². The molecule has 1 unspecified atom stereocenters. The Labute approximate surface area is 178 Å². The lowest BCUT2D eigenvalue weighted by Gasteiger charge is -2.24. The maximum Gasteiger partial charge on any atom is 0.694 e. The van der Waals surface area contributed by atoms with Gasteiger partial charge in [-0.25, -0.2) is 0 Å². The summed E-state index contributed by atoms with van der Waals surface area (Å²) in [6.45, 7) is 1.41. The SMILES string of the molecule is O=[N+]([O-])c1ccc(N=Nc2ccc(N(CCCO)CCCO[P+](=O)O)cc2)c(Cl)c1. The Bertz CT molecular complexity index is 897. The molecule has 30 heavy (non-hydrogen) atoms. The van der Waals surface area contributed by atoms with Gasteiger partial charge < -0.3 is 10.0 Å². The van der Waals surface area contributed by atoms with E-state index in [4.69, 9.17) is 21.6 Å². The number of rotatable bonds is 12. The minimum absolute atomic E-state index is 0.0534. The topological polar surface area (TPSA) is 138 Å². The fraction of sp³-hybridized carbons (Fsp3) is 0.333. The number of aliphatic hydroxyl groups is 1. The van der Waals surface area contributed by atoms with Gasteiger partial charge in [-0.05, 0) is 43.2 Å². The van der Waals surface area contributed by atoms with Crippen LogP contribution in [0.2, 0.25) is 5.02 Å². The summed E-state index contributed by atoms with van der Waals surface area (Å²) in [5, 5.41) is 28.1. The molecule has 0 bridgehead atoms. The van der Waals surface area contributed by atoms with E-state index in [0.29, 0.717) is 37.3 Å². The van der Waals surface area contributed by atoms with Gasteiger partial charge in [0.1, 0.15) is 12.3 Å². The van der Waals surface area contributed by atoms with Crippen molar-refractivity contribution < 1.29 is 24.0 Å².